The minimum absolute atomic E-state index is 0. The van der Waals surface area contributed by atoms with Gasteiger partial charge >= 0.3 is 325 Å². The first-order chi connectivity index (χ1) is 57.7. The molecule has 137 heavy (non-hydrogen) atoms. The van der Waals surface area contributed by atoms with Gasteiger partial charge in [0, 0.05) is 13.8 Å². The molecule has 67 nitrogen and oxygen atoms in total. The van der Waals surface area contributed by atoms with Crippen LogP contribution in [0.2, 0.25) is 0 Å². The molecule has 0 bridgehead atoms. The first kappa shape index (κ1) is 150. The van der Waals surface area contributed by atoms with Crippen molar-refractivity contribution in [3.05, 3.63) is 23.7 Å². The number of carbonyl (C=O) groups is 6. The van der Waals surface area contributed by atoms with E-state index < -0.39 is 367 Å². The van der Waals surface area contributed by atoms with Crippen LogP contribution in [0.25, 0.3) is 0 Å². The molecule has 0 radical (unpaired) electrons. The molecular weight excluding hydrogens is 2170 g/mol. The third-order valence-corrected chi connectivity index (χ3v) is 21.1. The van der Waals surface area contributed by atoms with Gasteiger partial charge in [-0.1, -0.05) is 0 Å². The molecule has 2 amide bonds. The zero-order valence-corrected chi connectivity index (χ0v) is 101. The van der Waals surface area contributed by atoms with Gasteiger partial charge in [0.2, 0.25) is 76.4 Å². The summed E-state index contributed by atoms with van der Waals surface area (Å²) in [5.74, 6) is -13.4. The third-order valence-electron chi connectivity index (χ3n) is 17.8. The van der Waals surface area contributed by atoms with Crippen molar-refractivity contribution in [2.45, 2.75) is 235 Å². The number of carboxylic acid groups (broad SMARTS) is 4. The zero-order chi connectivity index (χ0) is 95.4. The molecule has 17 N–H and O–H groups in total. The van der Waals surface area contributed by atoms with Crippen LogP contribution in [0.15, 0.2) is 23.7 Å². The van der Waals surface area contributed by atoms with Gasteiger partial charge in [-0.05, 0) is 12.2 Å². The van der Waals surface area contributed by atoms with Crippen LogP contribution in [0.5, 0.6) is 0 Å². The summed E-state index contributed by atoms with van der Waals surface area (Å²) in [4.78, 5) is 72.2. The van der Waals surface area contributed by atoms with Gasteiger partial charge in [-0.2, -0.15) is 0 Å². The molecule has 36 atom stereocenters. The van der Waals surface area contributed by atoms with Crippen LogP contribution in [0, 0.1) is 0 Å². The predicted molar refractivity (Wildman–Crippen MR) is 343 cm³/mol. The summed E-state index contributed by atoms with van der Waals surface area (Å²) < 4.78 is 337. The molecule has 0 aliphatic carbocycles. The minimum atomic E-state index is -6.13. The fourth-order valence-electron chi connectivity index (χ4n) is 12.7. The SMILES string of the molecule is CC(=O)N[C@H]1[C@@H](OC2[C@@H](C(=O)[O-])O[C@@H](OC3[C@@H](CO)OC(O)[C@H](NS(=O)(=O)[O-])[C@H]3OS(=O)(=O)[O-])[C@H](O)[C@H]2O)O[C@H](COS(=O)(=O)[O-])C(O[C@@H]2OC(C(=O)[O-])=C[C@H](O)[C@H]2O)[C@@H]1O.CC(=O)N[C@H]1[C@@H](OC2[C@@H](C(=O)[O-])O[C@@H](OC3[C@@H](COS(=O)(=O)[O-])OC(O)[C@H](NS(=O)(=O)[O-])[C@H]3OS(=O)(=O)[O-])[C@H](O)[C@H]2O)O[C@H](COS(=O)(=O)[O-])C(O[C@@H]2OC(C(=O)[O-])=C[C@H](O)[C@H]2O)[C@@H]1O.[Na+].[Na+].[Na+].[Na+].[Na+].[Na+].[Na+].[Na+].[Na+].[Na+].[Na+]. The van der Waals surface area contributed by atoms with Crippen molar-refractivity contribution < 1.29 is 619 Å². The molecule has 8 aliphatic rings. The van der Waals surface area contributed by atoms with Gasteiger partial charge in [0.25, 0.3) is 0 Å². The van der Waals surface area contributed by atoms with Gasteiger partial charge in [0.05, 0.1) is 38.4 Å². The van der Waals surface area contributed by atoms with Crippen molar-refractivity contribution in [2.75, 3.05) is 26.4 Å². The summed E-state index contributed by atoms with van der Waals surface area (Å²) >= 11 is 0. The van der Waals surface area contributed by atoms with Crippen LogP contribution in [0.1, 0.15) is 13.8 Å². The molecular formula is C52H69N4Na11O63S7. The van der Waals surface area contributed by atoms with Crippen LogP contribution in [0.3, 0.4) is 0 Å². The van der Waals surface area contributed by atoms with E-state index in [4.69, 9.17) is 66.3 Å². The van der Waals surface area contributed by atoms with E-state index in [1.807, 2.05) is 5.32 Å². The maximum Gasteiger partial charge on any atom is 1.00 e. The summed E-state index contributed by atoms with van der Waals surface area (Å²) in [5.41, 5.74) is 0. The van der Waals surface area contributed by atoms with Crippen molar-refractivity contribution in [1.82, 2.24) is 20.1 Å². The Morgan fingerprint density at radius 1 is 0.328 bits per heavy atom. The largest absolute Gasteiger partial charge is 1.00 e. The average Bonchev–Trinajstić information content (AvgIpc) is 0.765. The second kappa shape index (κ2) is 63.9. The number of ether oxygens (including phenoxy) is 14. The third kappa shape index (κ3) is 45.4. The molecule has 6 fully saturated rings. The zero-order valence-electron chi connectivity index (χ0n) is 72.9. The number of amides is 2. The quantitative estimate of drug-likeness (QED) is 0.0157. The Balaban J connectivity index is -0.000000786. The minimum Gasteiger partial charge on any atom is -0.735 e. The van der Waals surface area contributed by atoms with Crippen LogP contribution in [0.4, 0.5) is 0 Å². The molecule has 85 heteroatoms. The van der Waals surface area contributed by atoms with Gasteiger partial charge in [0.1, 0.15) is 194 Å². The van der Waals surface area contributed by atoms with Crippen LogP contribution < -0.4 is 366 Å². The summed E-state index contributed by atoms with van der Waals surface area (Å²) in [6.45, 7) is -4.35. The number of carbonyl (C=O) groups excluding carboxylic acids is 6. The molecule has 0 aromatic heterocycles. The average molecular weight is 2240 g/mol. The number of aliphatic hydroxyl groups excluding tert-OH is 13. The summed E-state index contributed by atoms with van der Waals surface area (Å²) in [5, 5.41) is 191. The summed E-state index contributed by atoms with van der Waals surface area (Å²) in [6.07, 6.45) is -78.5. The molecule has 8 aliphatic heterocycles. The Bertz CT molecular complexity index is 4800. The van der Waals surface area contributed by atoms with E-state index in [-0.39, 0.29) is 325 Å². The van der Waals surface area contributed by atoms with Gasteiger partial charge in [-0.15, -0.1) is 0 Å². The molecule has 8 unspecified atom stereocenters. The molecule has 0 aromatic rings. The number of carboxylic acids is 4. The number of hydrogen-bond acceptors (Lipinski definition) is 63. The normalized spacial score (nSPS) is 36.1. The number of hydrogen-bond donors (Lipinski definition) is 17. The van der Waals surface area contributed by atoms with E-state index in [1.54, 1.807) is 0 Å². The van der Waals surface area contributed by atoms with Gasteiger partial charge in [-0.3, -0.25) is 30.5 Å². The predicted octanol–water partition coefficient (Wildman–Crippen LogP) is -59.3. The number of aliphatic hydroxyl groups is 13. The fourth-order valence-corrected chi connectivity index (χ4v) is 15.8. The number of rotatable bonds is 36. The smallest absolute Gasteiger partial charge is 0.735 e. The Morgan fingerprint density at radius 3 is 0.854 bits per heavy atom. The van der Waals surface area contributed by atoms with E-state index in [0.717, 1.165) is 23.3 Å². The van der Waals surface area contributed by atoms with E-state index in [9.17, 15) is 206 Å². The number of nitrogens with one attached hydrogen (secondary N) is 4. The molecule has 0 aromatic carbocycles. The molecule has 8 rings (SSSR count). The standard InChI is InChI=1S/C26H40N2O33S4.C26H40N2O30S3.11Na/c1-5(29)27-10-13(32)16(57-25-12(31)6(30)2-7(55-25)21(35)36)8(3-52-63(43,44)45)56-24(10)59-19-14(33)15(34)26(60-20(19)22(37)38)58-17-9(4-53-64(46,47)48)54-23(39)11(28-62(40,41)42)18(17)61-65(49,50)51;1-5(30)27-10-13(33)16(54-25-12(32)6(31)2-7(52-25)21(36)37)9(4-50-60(44,45)46)53-24(10)56-19-14(34)15(35)26(57-20(19)22(38)39)55-17-8(3-29)51-23(40)11(28-59(41,42)43)18(17)58-61(47,48)49;;;;;;;;;;;/h2,6,8-20,23-26,28,30-34,39H,3-4H2,1H3,(H,27,29)(H,35,36)(H,37,38)(H,40,41,42)(H,43,44,45)(H,46,47,48)(H,49,50,51);2,6,8-20,23-26,28-29,31-35,40H,3-4H2,1H3,(H,27,30)(H,36,37)(H,38,39)(H,41,42,43)(H,44,45,46)(H,47,48,49);;;;;;;;;;;/q;;11*+1/p-11/t2*6-,8+,9+,10+,11+,12+,13+,14+,15+,16?,17?,18+,19?,20-,23?,24+,25-,26+;;;;;;;;;;;/m00.........../s1. The van der Waals surface area contributed by atoms with E-state index in [0.29, 0.717) is 12.2 Å². The topological polar surface area (TPSA) is 1080 Å². The Hall–Kier alpha value is 4.99. The van der Waals surface area contributed by atoms with Crippen LogP contribution in [-0.2, 0) is 189 Å². The van der Waals surface area contributed by atoms with Crippen LogP contribution >= 0.6 is 0 Å². The van der Waals surface area contributed by atoms with E-state index >= 15 is 0 Å². The van der Waals surface area contributed by atoms with Gasteiger partial charge in [0.15, 0.2) is 58.3 Å². The molecule has 728 valence electrons. The first-order valence-corrected chi connectivity index (χ1v) is 43.5. The first-order valence-electron chi connectivity index (χ1n) is 34.0. The van der Waals surface area contributed by atoms with Gasteiger partial charge < -0.3 is 215 Å². The van der Waals surface area contributed by atoms with E-state index in [2.05, 4.69) is 26.2 Å². The van der Waals surface area contributed by atoms with Crippen molar-refractivity contribution in [3.63, 3.8) is 0 Å². The van der Waals surface area contributed by atoms with Crippen molar-refractivity contribution in [2.24, 2.45) is 0 Å². The van der Waals surface area contributed by atoms with Crippen molar-refractivity contribution >= 4 is 108 Å². The molecule has 6 saturated heterocycles. The Labute approximate surface area is 1020 Å². The fraction of sp³-hybridized carbons (Fsp3) is 0.808. The molecule has 0 saturated carbocycles. The Morgan fingerprint density at radius 2 is 0.599 bits per heavy atom. The maximum absolute atomic E-state index is 12.5. The second-order valence-electron chi connectivity index (χ2n) is 26.7. The monoisotopic (exact) mass is 2230 g/mol. The molecule has 8 heterocycles. The molecule has 0 spiro atoms. The van der Waals surface area contributed by atoms with Crippen molar-refractivity contribution in [3.8, 4) is 0 Å². The second-order valence-corrected chi connectivity index (χ2v) is 34.1. The Kier molecular flexibility index (Phi) is 70.1. The summed E-state index contributed by atoms with van der Waals surface area (Å²) in [7, 11) is -40.6. The number of aliphatic carboxylic acids is 4. The van der Waals surface area contributed by atoms with Crippen LogP contribution in [-0.4, -0.2) is 440 Å². The van der Waals surface area contributed by atoms with Crippen molar-refractivity contribution in [1.29, 1.82) is 0 Å². The van der Waals surface area contributed by atoms with Gasteiger partial charge in [-0.25, -0.2) is 68.4 Å². The van der Waals surface area contributed by atoms with E-state index in [1.165, 1.54) is 0 Å². The summed E-state index contributed by atoms with van der Waals surface area (Å²) in [6, 6.07) is -9.53. The maximum atomic E-state index is 12.5.